The third-order valence-corrected chi connectivity index (χ3v) is 5.84. The van der Waals surface area contributed by atoms with Gasteiger partial charge < -0.3 is 10.2 Å². The van der Waals surface area contributed by atoms with Gasteiger partial charge >= 0.3 is 0 Å². The molecule has 21 heavy (non-hydrogen) atoms. The van der Waals surface area contributed by atoms with E-state index in [9.17, 15) is 4.79 Å². The molecule has 1 aliphatic carbocycles. The Balaban J connectivity index is 0.00000161. The molecule has 1 aromatic heterocycles. The van der Waals surface area contributed by atoms with Crippen LogP contribution in [-0.4, -0.2) is 36.5 Å². The van der Waals surface area contributed by atoms with Crippen LogP contribution in [0, 0.1) is 0 Å². The number of carbonyl (C=O) groups excluding carboxylic acids is 1. The summed E-state index contributed by atoms with van der Waals surface area (Å²) in [5, 5.41) is 5.54. The predicted molar refractivity (Wildman–Crippen MR) is 90.4 cm³/mol. The van der Waals surface area contributed by atoms with E-state index in [1.54, 1.807) is 11.3 Å². The van der Waals surface area contributed by atoms with Crippen molar-refractivity contribution >= 4 is 29.7 Å². The average Bonchev–Trinajstić information content (AvgIpc) is 3.02. The SMILES string of the molecule is CC1CN(C(=O)C2(c3cccs3)CCCCC2)CCN1.Cl. The Labute approximate surface area is 137 Å². The number of halogens is 1. The lowest BCUT2D eigenvalue weighted by Gasteiger charge is -2.42. The first-order chi connectivity index (χ1) is 9.72. The van der Waals surface area contributed by atoms with Gasteiger partial charge in [-0.25, -0.2) is 0 Å². The normalized spacial score (nSPS) is 25.2. The fraction of sp³-hybridized carbons (Fsp3) is 0.688. The van der Waals surface area contributed by atoms with E-state index in [1.165, 1.54) is 24.1 Å². The van der Waals surface area contributed by atoms with Crippen molar-refractivity contribution in [2.75, 3.05) is 19.6 Å². The van der Waals surface area contributed by atoms with Gasteiger partial charge in [-0.3, -0.25) is 4.79 Å². The molecular formula is C16H25ClN2OS. The number of hydrogen-bond acceptors (Lipinski definition) is 3. The molecule has 3 nitrogen and oxygen atoms in total. The number of amides is 1. The molecule has 1 atom stereocenters. The lowest BCUT2D eigenvalue weighted by atomic mass is 9.71. The van der Waals surface area contributed by atoms with E-state index in [2.05, 4.69) is 34.7 Å². The molecule has 1 aromatic rings. The van der Waals surface area contributed by atoms with E-state index < -0.39 is 0 Å². The lowest BCUT2D eigenvalue weighted by Crippen LogP contribution is -2.56. The molecule has 1 amide bonds. The van der Waals surface area contributed by atoms with Gasteiger partial charge in [0.15, 0.2) is 0 Å². The zero-order chi connectivity index (χ0) is 14.0. The summed E-state index contributed by atoms with van der Waals surface area (Å²) in [7, 11) is 0. The van der Waals surface area contributed by atoms with E-state index in [1.807, 2.05) is 0 Å². The minimum absolute atomic E-state index is 0. The fourth-order valence-electron chi connectivity index (χ4n) is 3.69. The highest BCUT2D eigenvalue weighted by atomic mass is 35.5. The van der Waals surface area contributed by atoms with Crippen LogP contribution in [0.5, 0.6) is 0 Å². The Bertz CT molecular complexity index is 457. The van der Waals surface area contributed by atoms with Crippen molar-refractivity contribution in [3.63, 3.8) is 0 Å². The number of nitrogens with one attached hydrogen (secondary N) is 1. The Morgan fingerprint density at radius 2 is 2.14 bits per heavy atom. The van der Waals surface area contributed by atoms with Gasteiger partial charge in [-0.05, 0) is 31.2 Å². The van der Waals surface area contributed by atoms with Gasteiger partial charge in [0.1, 0.15) is 0 Å². The summed E-state index contributed by atoms with van der Waals surface area (Å²) in [5.41, 5.74) is -0.219. The maximum absolute atomic E-state index is 13.2. The maximum atomic E-state index is 13.2. The predicted octanol–water partition coefficient (Wildman–Crippen LogP) is 3.19. The van der Waals surface area contributed by atoms with Gasteiger partial charge in [0.05, 0.1) is 5.41 Å². The van der Waals surface area contributed by atoms with E-state index in [-0.39, 0.29) is 17.8 Å². The number of rotatable bonds is 2. The highest BCUT2D eigenvalue weighted by Gasteiger charge is 2.44. The second kappa shape index (κ2) is 7.12. The molecule has 0 radical (unpaired) electrons. The van der Waals surface area contributed by atoms with Crippen LogP contribution in [0.2, 0.25) is 0 Å². The molecule has 1 saturated carbocycles. The van der Waals surface area contributed by atoms with Gasteiger partial charge in [-0.1, -0.05) is 25.3 Å². The summed E-state index contributed by atoms with van der Waals surface area (Å²) < 4.78 is 0. The highest BCUT2D eigenvalue weighted by Crippen LogP contribution is 2.43. The molecule has 3 rings (SSSR count). The Morgan fingerprint density at radius 1 is 1.38 bits per heavy atom. The smallest absolute Gasteiger partial charge is 0.234 e. The van der Waals surface area contributed by atoms with Crippen molar-refractivity contribution in [2.45, 2.75) is 50.5 Å². The van der Waals surface area contributed by atoms with Crippen molar-refractivity contribution in [3.05, 3.63) is 22.4 Å². The number of thiophene rings is 1. The van der Waals surface area contributed by atoms with Gasteiger partial charge in [0.25, 0.3) is 0 Å². The molecule has 1 unspecified atom stereocenters. The van der Waals surface area contributed by atoms with Crippen LogP contribution in [0.3, 0.4) is 0 Å². The second-order valence-electron chi connectivity index (χ2n) is 6.23. The van der Waals surface area contributed by atoms with Crippen molar-refractivity contribution in [2.24, 2.45) is 0 Å². The number of carbonyl (C=O) groups is 1. The Hall–Kier alpha value is -0.580. The molecule has 2 aliphatic rings. The zero-order valence-corrected chi connectivity index (χ0v) is 14.3. The van der Waals surface area contributed by atoms with Crippen molar-refractivity contribution < 1.29 is 4.79 Å². The van der Waals surface area contributed by atoms with E-state index in [0.29, 0.717) is 11.9 Å². The molecule has 5 heteroatoms. The topological polar surface area (TPSA) is 32.3 Å². The quantitative estimate of drug-likeness (QED) is 0.904. The Kier molecular flexibility index (Phi) is 5.69. The summed E-state index contributed by atoms with van der Waals surface area (Å²) >= 11 is 1.76. The summed E-state index contributed by atoms with van der Waals surface area (Å²) in [5.74, 6) is 0.382. The van der Waals surface area contributed by atoms with Crippen molar-refractivity contribution in [1.82, 2.24) is 10.2 Å². The maximum Gasteiger partial charge on any atom is 0.234 e. The summed E-state index contributed by atoms with van der Waals surface area (Å²) in [6.07, 6.45) is 5.71. The number of hydrogen-bond donors (Lipinski definition) is 1. The standard InChI is InChI=1S/C16H24N2OS.ClH/c1-13-12-18(10-9-17-13)15(19)16(7-3-2-4-8-16)14-6-5-11-20-14;/h5-6,11,13,17H,2-4,7-10,12H2,1H3;1H. The van der Waals surface area contributed by atoms with Crippen molar-refractivity contribution in [1.29, 1.82) is 0 Å². The molecular weight excluding hydrogens is 304 g/mol. The second-order valence-corrected chi connectivity index (χ2v) is 7.17. The minimum atomic E-state index is -0.219. The molecule has 2 fully saturated rings. The molecule has 0 spiro atoms. The molecule has 0 aromatic carbocycles. The molecule has 1 aliphatic heterocycles. The average molecular weight is 329 g/mol. The van der Waals surface area contributed by atoms with Crippen LogP contribution in [0.25, 0.3) is 0 Å². The van der Waals surface area contributed by atoms with Crippen LogP contribution in [0.4, 0.5) is 0 Å². The Morgan fingerprint density at radius 3 is 2.76 bits per heavy atom. The fourth-order valence-corrected chi connectivity index (χ4v) is 4.67. The van der Waals surface area contributed by atoms with Crippen LogP contribution >= 0.6 is 23.7 Å². The number of piperazine rings is 1. The van der Waals surface area contributed by atoms with Crippen LogP contribution < -0.4 is 5.32 Å². The van der Waals surface area contributed by atoms with Crippen LogP contribution in [0.15, 0.2) is 17.5 Å². The van der Waals surface area contributed by atoms with E-state index in [0.717, 1.165) is 32.5 Å². The largest absolute Gasteiger partial charge is 0.339 e. The molecule has 0 bridgehead atoms. The summed E-state index contributed by atoms with van der Waals surface area (Å²) in [4.78, 5) is 16.6. The first-order valence-electron chi connectivity index (χ1n) is 7.79. The van der Waals surface area contributed by atoms with Gasteiger partial charge in [0, 0.05) is 30.6 Å². The van der Waals surface area contributed by atoms with E-state index in [4.69, 9.17) is 0 Å². The van der Waals surface area contributed by atoms with Crippen molar-refractivity contribution in [3.8, 4) is 0 Å². The first kappa shape index (κ1) is 16.8. The molecule has 118 valence electrons. The van der Waals surface area contributed by atoms with Gasteiger partial charge in [-0.15, -0.1) is 23.7 Å². The third kappa shape index (κ3) is 3.27. The third-order valence-electron chi connectivity index (χ3n) is 4.77. The molecule has 1 N–H and O–H groups in total. The van der Waals surface area contributed by atoms with E-state index >= 15 is 0 Å². The summed E-state index contributed by atoms with van der Waals surface area (Å²) in [6.45, 7) is 4.80. The van der Waals surface area contributed by atoms with Gasteiger partial charge in [0.2, 0.25) is 5.91 Å². The number of nitrogens with zero attached hydrogens (tertiary/aromatic N) is 1. The lowest BCUT2D eigenvalue weighted by molar-refractivity contribution is -0.140. The first-order valence-corrected chi connectivity index (χ1v) is 8.67. The molecule has 2 heterocycles. The monoisotopic (exact) mass is 328 g/mol. The zero-order valence-electron chi connectivity index (χ0n) is 12.6. The highest BCUT2D eigenvalue weighted by molar-refractivity contribution is 7.10. The molecule has 1 saturated heterocycles. The van der Waals surface area contributed by atoms with Gasteiger partial charge in [-0.2, -0.15) is 0 Å². The van der Waals surface area contributed by atoms with Crippen LogP contribution in [0.1, 0.15) is 43.9 Å². The van der Waals surface area contributed by atoms with Crippen LogP contribution in [-0.2, 0) is 10.2 Å². The summed E-state index contributed by atoms with van der Waals surface area (Å²) in [6, 6.07) is 4.67. The minimum Gasteiger partial charge on any atom is -0.339 e.